The molecule has 0 aromatic heterocycles. The quantitative estimate of drug-likeness (QED) is 0.492. The lowest BCUT2D eigenvalue weighted by molar-refractivity contribution is 0.00524. The van der Waals surface area contributed by atoms with Crippen LogP contribution in [0.2, 0.25) is 0 Å². The summed E-state index contributed by atoms with van der Waals surface area (Å²) in [5, 5.41) is 0. The number of nitrogens with zero attached hydrogens (tertiary/aromatic N) is 2. The van der Waals surface area contributed by atoms with E-state index in [1.54, 1.807) is 0 Å². The Balaban J connectivity index is 1.71. The van der Waals surface area contributed by atoms with E-state index in [1.807, 2.05) is 49.9 Å². The van der Waals surface area contributed by atoms with Crippen molar-refractivity contribution in [3.05, 3.63) is 27.8 Å². The van der Waals surface area contributed by atoms with Crippen LogP contribution < -0.4 is 4.74 Å². The van der Waals surface area contributed by atoms with Crippen molar-refractivity contribution in [2.75, 3.05) is 32.8 Å². The second kappa shape index (κ2) is 9.07. The van der Waals surface area contributed by atoms with Crippen molar-refractivity contribution < 1.29 is 14.3 Å². The molecule has 5 nitrogen and oxygen atoms in total. The highest BCUT2D eigenvalue weighted by Crippen LogP contribution is 2.20. The minimum atomic E-state index is -0.441. The number of benzene rings is 1. The van der Waals surface area contributed by atoms with E-state index in [2.05, 4.69) is 34.4 Å². The lowest BCUT2D eigenvalue weighted by atomic mass is 10.2. The number of piperazine rings is 1. The maximum absolute atomic E-state index is 12.2. The molecule has 0 spiro atoms. The molecule has 1 fully saturated rings. The van der Waals surface area contributed by atoms with Gasteiger partial charge in [-0.15, -0.1) is 0 Å². The number of amides is 1. The zero-order valence-electron chi connectivity index (χ0n) is 15.6. The van der Waals surface area contributed by atoms with Gasteiger partial charge in [-0.3, -0.25) is 4.90 Å². The highest BCUT2D eigenvalue weighted by molar-refractivity contribution is 14.1. The minimum Gasteiger partial charge on any atom is -0.492 e. The van der Waals surface area contributed by atoms with Crippen LogP contribution in [0.3, 0.4) is 0 Å². The zero-order valence-corrected chi connectivity index (χ0v) is 17.8. The van der Waals surface area contributed by atoms with Crippen molar-refractivity contribution >= 4 is 28.7 Å². The molecule has 25 heavy (non-hydrogen) atoms. The average molecular weight is 460 g/mol. The Hall–Kier alpha value is -1.02. The first-order valence-corrected chi connectivity index (χ1v) is 9.93. The molecule has 0 saturated carbocycles. The number of carbonyl (C=O) groups is 1. The van der Waals surface area contributed by atoms with Gasteiger partial charge in [-0.1, -0.05) is 12.1 Å². The third-order valence-corrected chi connectivity index (χ3v) is 4.99. The predicted octanol–water partition coefficient (Wildman–Crippen LogP) is 4.00. The monoisotopic (exact) mass is 460 g/mol. The van der Waals surface area contributed by atoms with Gasteiger partial charge in [0, 0.05) is 32.2 Å². The fourth-order valence-electron chi connectivity index (χ4n) is 2.83. The van der Waals surface area contributed by atoms with Gasteiger partial charge in [-0.2, -0.15) is 0 Å². The molecule has 0 bridgehead atoms. The number of hydrogen-bond donors (Lipinski definition) is 0. The standard InChI is InChI=1S/C19H29IN2O3/c1-15-14-22(18(23)25-19(2,3)4)12-11-21(15)10-7-13-24-17-9-6-5-8-16(17)20/h5-6,8-9,15H,7,10-14H2,1-4H3/t15-/m0/s1. The highest BCUT2D eigenvalue weighted by atomic mass is 127. The maximum atomic E-state index is 12.2. The number of carbonyl (C=O) groups excluding carboxylic acids is 1. The van der Waals surface area contributed by atoms with Crippen LogP contribution >= 0.6 is 22.6 Å². The average Bonchev–Trinajstić information content (AvgIpc) is 2.52. The molecule has 1 aromatic rings. The van der Waals surface area contributed by atoms with Crippen LogP contribution in [-0.2, 0) is 4.74 Å². The summed E-state index contributed by atoms with van der Waals surface area (Å²) < 4.78 is 12.5. The van der Waals surface area contributed by atoms with Gasteiger partial charge >= 0.3 is 6.09 Å². The maximum Gasteiger partial charge on any atom is 0.410 e. The smallest absolute Gasteiger partial charge is 0.410 e. The largest absolute Gasteiger partial charge is 0.492 e. The van der Waals surface area contributed by atoms with Crippen molar-refractivity contribution in [2.45, 2.75) is 45.8 Å². The van der Waals surface area contributed by atoms with Crippen LogP contribution in [0.15, 0.2) is 24.3 Å². The highest BCUT2D eigenvalue weighted by Gasteiger charge is 2.29. The zero-order chi connectivity index (χ0) is 18.4. The van der Waals surface area contributed by atoms with E-state index in [1.165, 1.54) is 0 Å². The van der Waals surface area contributed by atoms with Crippen LogP contribution in [0.5, 0.6) is 5.75 Å². The van der Waals surface area contributed by atoms with Crippen LogP contribution in [-0.4, -0.2) is 60.3 Å². The molecule has 1 aromatic carbocycles. The summed E-state index contributed by atoms with van der Waals surface area (Å²) in [6.07, 6.45) is 0.767. The van der Waals surface area contributed by atoms with Gasteiger partial charge in [0.1, 0.15) is 11.4 Å². The fourth-order valence-corrected chi connectivity index (χ4v) is 3.37. The normalized spacial score (nSPS) is 18.9. The number of halogens is 1. The summed E-state index contributed by atoms with van der Waals surface area (Å²) in [5.41, 5.74) is -0.441. The first kappa shape index (κ1) is 20.3. The van der Waals surface area contributed by atoms with Crippen molar-refractivity contribution in [2.24, 2.45) is 0 Å². The van der Waals surface area contributed by atoms with E-state index in [9.17, 15) is 4.79 Å². The van der Waals surface area contributed by atoms with Gasteiger partial charge in [-0.05, 0) is 68.8 Å². The molecular formula is C19H29IN2O3. The minimum absolute atomic E-state index is 0.207. The van der Waals surface area contributed by atoms with E-state index >= 15 is 0 Å². The molecule has 1 aliphatic heterocycles. The van der Waals surface area contributed by atoms with Gasteiger partial charge in [0.25, 0.3) is 0 Å². The van der Waals surface area contributed by atoms with Gasteiger partial charge in [-0.25, -0.2) is 4.79 Å². The van der Waals surface area contributed by atoms with Crippen LogP contribution in [0.4, 0.5) is 4.79 Å². The Labute approximate surface area is 164 Å². The Morgan fingerprint density at radius 3 is 2.64 bits per heavy atom. The molecule has 140 valence electrons. The molecule has 1 amide bonds. The molecule has 0 unspecified atom stereocenters. The van der Waals surface area contributed by atoms with E-state index in [0.717, 1.165) is 35.4 Å². The lowest BCUT2D eigenvalue weighted by Gasteiger charge is -2.40. The van der Waals surface area contributed by atoms with Crippen LogP contribution in [0, 0.1) is 3.57 Å². The molecule has 0 N–H and O–H groups in total. The van der Waals surface area contributed by atoms with Gasteiger partial charge < -0.3 is 14.4 Å². The van der Waals surface area contributed by atoms with Crippen LogP contribution in [0.25, 0.3) is 0 Å². The fraction of sp³-hybridized carbons (Fsp3) is 0.632. The molecule has 1 heterocycles. The summed E-state index contributed by atoms with van der Waals surface area (Å²) in [6.45, 7) is 11.9. The third kappa shape index (κ3) is 6.66. The molecule has 1 atom stereocenters. The van der Waals surface area contributed by atoms with Gasteiger partial charge in [0.15, 0.2) is 0 Å². The molecule has 0 radical (unpaired) electrons. The Kier molecular flexibility index (Phi) is 7.37. The molecule has 2 rings (SSSR count). The first-order valence-electron chi connectivity index (χ1n) is 8.85. The van der Waals surface area contributed by atoms with Crippen molar-refractivity contribution in [3.8, 4) is 5.75 Å². The lowest BCUT2D eigenvalue weighted by Crippen LogP contribution is -2.54. The van der Waals surface area contributed by atoms with E-state index < -0.39 is 5.60 Å². The SMILES string of the molecule is C[C@H]1CN(C(=O)OC(C)(C)C)CCN1CCCOc1ccccc1I. The number of rotatable bonds is 5. The molecule has 6 heteroatoms. The van der Waals surface area contributed by atoms with Crippen LogP contribution in [0.1, 0.15) is 34.1 Å². The van der Waals surface area contributed by atoms with Crippen molar-refractivity contribution in [1.82, 2.24) is 9.80 Å². The summed E-state index contributed by atoms with van der Waals surface area (Å²) in [6, 6.07) is 8.39. The second-order valence-corrected chi connectivity index (χ2v) is 8.61. The number of hydrogen-bond acceptors (Lipinski definition) is 4. The molecule has 1 saturated heterocycles. The van der Waals surface area contributed by atoms with Crippen molar-refractivity contribution in [1.29, 1.82) is 0 Å². The first-order chi connectivity index (χ1) is 11.8. The van der Waals surface area contributed by atoms with E-state index in [4.69, 9.17) is 9.47 Å². The summed E-state index contributed by atoms with van der Waals surface area (Å²) in [5.74, 6) is 0.950. The number of para-hydroxylation sites is 1. The predicted molar refractivity (Wildman–Crippen MR) is 108 cm³/mol. The topological polar surface area (TPSA) is 42.0 Å². The Bertz CT molecular complexity index is 574. The summed E-state index contributed by atoms with van der Waals surface area (Å²) >= 11 is 2.29. The summed E-state index contributed by atoms with van der Waals surface area (Å²) in [4.78, 5) is 16.4. The summed E-state index contributed by atoms with van der Waals surface area (Å²) in [7, 11) is 0. The molecule has 1 aliphatic rings. The second-order valence-electron chi connectivity index (χ2n) is 7.44. The molecular weight excluding hydrogens is 431 g/mol. The van der Waals surface area contributed by atoms with Gasteiger partial charge in [0.05, 0.1) is 10.2 Å². The molecule has 0 aliphatic carbocycles. The van der Waals surface area contributed by atoms with E-state index in [0.29, 0.717) is 19.2 Å². The Morgan fingerprint density at radius 1 is 1.28 bits per heavy atom. The third-order valence-electron chi connectivity index (χ3n) is 4.10. The number of ether oxygens (including phenoxy) is 2. The van der Waals surface area contributed by atoms with Crippen molar-refractivity contribution in [3.63, 3.8) is 0 Å². The Morgan fingerprint density at radius 2 is 2.00 bits per heavy atom. The van der Waals surface area contributed by atoms with Gasteiger partial charge in [0.2, 0.25) is 0 Å². The van der Waals surface area contributed by atoms with E-state index in [-0.39, 0.29) is 6.09 Å².